The van der Waals surface area contributed by atoms with Crippen molar-refractivity contribution >= 4 is 28.4 Å². The highest BCUT2D eigenvalue weighted by Gasteiger charge is 2.27. The Morgan fingerprint density at radius 2 is 2.00 bits per heavy atom. The van der Waals surface area contributed by atoms with Crippen LogP contribution in [0.5, 0.6) is 0 Å². The minimum Gasteiger partial charge on any atom is -0.296 e. The number of ketones is 1. The molecule has 0 N–H and O–H groups in total. The topological polar surface area (TPSA) is 20.3 Å². The summed E-state index contributed by atoms with van der Waals surface area (Å²) in [6.07, 6.45) is 2.49. The molecule has 1 aliphatic carbocycles. The summed E-state index contributed by atoms with van der Waals surface area (Å²) in [6.45, 7) is 0.547. The first-order valence-corrected chi connectivity index (χ1v) is 6.23. The maximum atomic E-state index is 11.9. The molecule has 2 rings (SSSR count). The van der Waals surface area contributed by atoms with Gasteiger partial charge in [-0.05, 0) is 54.6 Å². The average Bonchev–Trinajstić information content (AvgIpc) is 3.01. The van der Waals surface area contributed by atoms with Crippen LogP contribution in [-0.4, -0.2) is 30.3 Å². The third kappa shape index (κ3) is 3.01. The average molecular weight is 315 g/mol. The minimum atomic E-state index is 0.223. The van der Waals surface area contributed by atoms with Gasteiger partial charge in [-0.25, -0.2) is 0 Å². The molecule has 3 heteroatoms. The van der Waals surface area contributed by atoms with Crippen LogP contribution < -0.4 is 0 Å². The smallest absolute Gasteiger partial charge is 0.176 e. The Kier molecular flexibility index (Phi) is 3.41. The maximum Gasteiger partial charge on any atom is 0.176 e. The zero-order valence-corrected chi connectivity index (χ0v) is 10.9. The Bertz CT molecular complexity index is 356. The molecule has 0 unspecified atom stereocenters. The van der Waals surface area contributed by atoms with Crippen molar-refractivity contribution in [2.75, 3.05) is 13.6 Å². The third-order valence-corrected chi connectivity index (χ3v) is 3.45. The van der Waals surface area contributed by atoms with Crippen molar-refractivity contribution in [3.05, 3.63) is 33.4 Å². The molecule has 1 aliphatic rings. The van der Waals surface area contributed by atoms with Crippen molar-refractivity contribution in [1.29, 1.82) is 0 Å². The van der Waals surface area contributed by atoms with Crippen LogP contribution in [0.2, 0.25) is 0 Å². The summed E-state index contributed by atoms with van der Waals surface area (Å²) < 4.78 is 1.17. The van der Waals surface area contributed by atoms with Crippen molar-refractivity contribution in [3.8, 4) is 0 Å². The number of benzene rings is 1. The molecule has 2 nitrogen and oxygen atoms in total. The summed E-state index contributed by atoms with van der Waals surface area (Å²) in [5.74, 6) is 0.223. The van der Waals surface area contributed by atoms with E-state index in [1.54, 1.807) is 0 Å². The summed E-state index contributed by atoms with van der Waals surface area (Å²) in [7, 11) is 2.03. The fraction of sp³-hybridized carbons (Fsp3) is 0.417. The standard InChI is InChI=1S/C12H14INO/c1-14(11-6-7-11)8-12(15)9-2-4-10(13)5-3-9/h2-5,11H,6-8H2,1H3. The lowest BCUT2D eigenvalue weighted by Crippen LogP contribution is -2.27. The van der Waals surface area contributed by atoms with Crippen molar-refractivity contribution in [2.24, 2.45) is 0 Å². The Hall–Kier alpha value is -0.420. The monoisotopic (exact) mass is 315 g/mol. The van der Waals surface area contributed by atoms with Crippen molar-refractivity contribution in [1.82, 2.24) is 4.90 Å². The number of rotatable bonds is 4. The first-order valence-electron chi connectivity index (χ1n) is 5.16. The molecule has 80 valence electrons. The lowest BCUT2D eigenvalue weighted by atomic mass is 10.1. The van der Waals surface area contributed by atoms with Crippen LogP contribution in [0.15, 0.2) is 24.3 Å². The van der Waals surface area contributed by atoms with Crippen LogP contribution in [0.4, 0.5) is 0 Å². The summed E-state index contributed by atoms with van der Waals surface area (Å²) in [5, 5.41) is 0. The van der Waals surface area contributed by atoms with E-state index in [0.29, 0.717) is 12.6 Å². The van der Waals surface area contributed by atoms with E-state index in [9.17, 15) is 4.79 Å². The molecule has 0 bridgehead atoms. The quantitative estimate of drug-likeness (QED) is 0.629. The Labute approximate surface area is 104 Å². The molecule has 0 amide bonds. The van der Waals surface area contributed by atoms with Crippen LogP contribution in [-0.2, 0) is 0 Å². The van der Waals surface area contributed by atoms with E-state index in [4.69, 9.17) is 0 Å². The zero-order chi connectivity index (χ0) is 10.8. The molecular weight excluding hydrogens is 301 g/mol. The van der Waals surface area contributed by atoms with Crippen LogP contribution in [0, 0.1) is 3.57 Å². The normalized spacial score (nSPS) is 15.7. The third-order valence-electron chi connectivity index (χ3n) is 2.73. The fourth-order valence-electron chi connectivity index (χ4n) is 1.60. The highest BCUT2D eigenvalue weighted by Crippen LogP contribution is 2.25. The van der Waals surface area contributed by atoms with E-state index < -0.39 is 0 Å². The predicted octanol–water partition coefficient (Wildman–Crippen LogP) is 2.57. The molecule has 0 radical (unpaired) electrons. The highest BCUT2D eigenvalue weighted by molar-refractivity contribution is 14.1. The van der Waals surface area contributed by atoms with Crippen molar-refractivity contribution in [3.63, 3.8) is 0 Å². The van der Waals surface area contributed by atoms with Crippen LogP contribution in [0.1, 0.15) is 23.2 Å². The first kappa shape index (κ1) is 11.1. The molecule has 1 saturated carbocycles. The van der Waals surface area contributed by atoms with Crippen LogP contribution >= 0.6 is 22.6 Å². The van der Waals surface area contributed by atoms with Gasteiger partial charge in [0, 0.05) is 15.2 Å². The Morgan fingerprint density at radius 1 is 1.40 bits per heavy atom. The predicted molar refractivity (Wildman–Crippen MR) is 69.1 cm³/mol. The summed E-state index contributed by atoms with van der Waals surface area (Å²) >= 11 is 2.24. The number of carbonyl (C=O) groups excluding carboxylic acids is 1. The lowest BCUT2D eigenvalue weighted by molar-refractivity contribution is 0.0942. The fourth-order valence-corrected chi connectivity index (χ4v) is 1.96. The van der Waals surface area contributed by atoms with E-state index in [2.05, 4.69) is 27.5 Å². The van der Waals surface area contributed by atoms with Crippen molar-refractivity contribution in [2.45, 2.75) is 18.9 Å². The molecule has 0 heterocycles. The molecule has 1 fully saturated rings. The van der Waals surface area contributed by atoms with Gasteiger partial charge in [-0.15, -0.1) is 0 Å². The van der Waals surface area contributed by atoms with Gasteiger partial charge in [0.25, 0.3) is 0 Å². The molecular formula is C12H14INO. The Morgan fingerprint density at radius 3 is 2.53 bits per heavy atom. The second-order valence-electron chi connectivity index (χ2n) is 4.08. The van der Waals surface area contributed by atoms with E-state index in [-0.39, 0.29) is 5.78 Å². The number of Topliss-reactive ketones (excluding diaryl/α,β-unsaturated/α-hetero) is 1. The molecule has 15 heavy (non-hydrogen) atoms. The summed E-state index contributed by atoms with van der Waals surface area (Å²) in [6, 6.07) is 8.42. The number of carbonyl (C=O) groups is 1. The first-order chi connectivity index (χ1) is 7.16. The van der Waals surface area contributed by atoms with Crippen LogP contribution in [0.25, 0.3) is 0 Å². The molecule has 1 aromatic carbocycles. The van der Waals surface area contributed by atoms with Gasteiger partial charge in [-0.3, -0.25) is 9.69 Å². The number of hydrogen-bond donors (Lipinski definition) is 0. The van der Waals surface area contributed by atoms with E-state index in [1.165, 1.54) is 16.4 Å². The van der Waals surface area contributed by atoms with Gasteiger partial charge >= 0.3 is 0 Å². The lowest BCUT2D eigenvalue weighted by Gasteiger charge is -2.14. The van der Waals surface area contributed by atoms with Gasteiger partial charge in [0.1, 0.15) is 0 Å². The van der Waals surface area contributed by atoms with Gasteiger partial charge in [-0.1, -0.05) is 12.1 Å². The van der Waals surface area contributed by atoms with E-state index in [1.807, 2.05) is 31.3 Å². The van der Waals surface area contributed by atoms with Gasteiger partial charge in [0.05, 0.1) is 6.54 Å². The SMILES string of the molecule is CN(CC(=O)c1ccc(I)cc1)C1CC1. The number of hydrogen-bond acceptors (Lipinski definition) is 2. The molecule has 0 atom stereocenters. The van der Waals surface area contributed by atoms with Gasteiger partial charge in [0.15, 0.2) is 5.78 Å². The number of nitrogens with zero attached hydrogens (tertiary/aromatic N) is 1. The van der Waals surface area contributed by atoms with E-state index in [0.717, 1.165) is 5.56 Å². The Balaban J connectivity index is 1.97. The molecule has 0 saturated heterocycles. The summed E-state index contributed by atoms with van der Waals surface area (Å²) in [5.41, 5.74) is 0.822. The molecule has 0 aromatic heterocycles. The highest BCUT2D eigenvalue weighted by atomic mass is 127. The van der Waals surface area contributed by atoms with Gasteiger partial charge in [0.2, 0.25) is 0 Å². The molecule has 0 spiro atoms. The van der Waals surface area contributed by atoms with Gasteiger partial charge < -0.3 is 0 Å². The second-order valence-corrected chi connectivity index (χ2v) is 5.32. The van der Waals surface area contributed by atoms with Gasteiger partial charge in [-0.2, -0.15) is 0 Å². The largest absolute Gasteiger partial charge is 0.296 e. The molecule has 1 aromatic rings. The maximum absolute atomic E-state index is 11.9. The van der Waals surface area contributed by atoms with E-state index >= 15 is 0 Å². The van der Waals surface area contributed by atoms with Crippen molar-refractivity contribution < 1.29 is 4.79 Å². The molecule has 0 aliphatic heterocycles. The zero-order valence-electron chi connectivity index (χ0n) is 8.74. The summed E-state index contributed by atoms with van der Waals surface area (Å²) in [4.78, 5) is 14.0. The van der Waals surface area contributed by atoms with Crippen LogP contribution in [0.3, 0.4) is 0 Å². The second kappa shape index (κ2) is 4.61. The minimum absolute atomic E-state index is 0.223. The number of likely N-dealkylation sites (N-methyl/N-ethyl adjacent to an activating group) is 1. The number of halogens is 1.